The molecule has 0 radical (unpaired) electrons. The fraction of sp³-hybridized carbons (Fsp3) is 0.333. The number of carboxylic acids is 1. The molecule has 100 valence electrons. The van der Waals surface area contributed by atoms with Gasteiger partial charge in [-0.2, -0.15) is 8.78 Å². The number of aromatic nitrogens is 1. The van der Waals surface area contributed by atoms with Crippen molar-refractivity contribution in [3.63, 3.8) is 0 Å². The predicted octanol–water partition coefficient (Wildman–Crippen LogP) is 2.71. The van der Waals surface area contributed by atoms with Crippen molar-refractivity contribution in [1.29, 1.82) is 0 Å². The van der Waals surface area contributed by atoms with Gasteiger partial charge in [-0.15, -0.1) is 0 Å². The molecule has 0 fully saturated rings. The molecule has 0 aliphatic heterocycles. The number of alkyl halides is 4. The van der Waals surface area contributed by atoms with Crippen LogP contribution in [0.5, 0.6) is 5.88 Å². The summed E-state index contributed by atoms with van der Waals surface area (Å²) in [6.07, 6.45) is -3.89. The molecular formula is C9H6ClF4NO3. The summed E-state index contributed by atoms with van der Waals surface area (Å²) in [5.74, 6) is -6.31. The Balaban J connectivity index is 2.83. The Labute approximate surface area is 103 Å². The molecule has 18 heavy (non-hydrogen) atoms. The van der Waals surface area contributed by atoms with Gasteiger partial charge in [0.25, 0.3) is 0 Å². The van der Waals surface area contributed by atoms with E-state index in [1.165, 1.54) is 0 Å². The van der Waals surface area contributed by atoms with Gasteiger partial charge < -0.3 is 9.84 Å². The Morgan fingerprint density at radius 1 is 1.50 bits per heavy atom. The summed E-state index contributed by atoms with van der Waals surface area (Å²) in [7, 11) is 0. The maximum Gasteiger partial charge on any atom is 0.340 e. The molecule has 0 saturated carbocycles. The molecule has 1 N–H and O–H groups in total. The first kappa shape index (κ1) is 14.5. The minimum Gasteiger partial charge on any atom is -0.478 e. The van der Waals surface area contributed by atoms with E-state index in [2.05, 4.69) is 9.72 Å². The Kier molecular flexibility index (Phi) is 4.33. The van der Waals surface area contributed by atoms with E-state index in [4.69, 9.17) is 16.7 Å². The maximum absolute atomic E-state index is 12.5. The summed E-state index contributed by atoms with van der Waals surface area (Å²) in [6.45, 7) is -1.63. The van der Waals surface area contributed by atoms with Crippen LogP contribution in [0.3, 0.4) is 0 Å². The molecule has 0 aliphatic carbocycles. The molecule has 9 heteroatoms. The van der Waals surface area contributed by atoms with Gasteiger partial charge in [0.15, 0.2) is 6.61 Å². The molecule has 0 saturated heterocycles. The lowest BCUT2D eigenvalue weighted by Gasteiger charge is -2.15. The zero-order valence-electron chi connectivity index (χ0n) is 8.54. The van der Waals surface area contributed by atoms with Crippen molar-refractivity contribution < 1.29 is 32.2 Å². The molecule has 0 unspecified atom stereocenters. The van der Waals surface area contributed by atoms with Crippen molar-refractivity contribution in [2.75, 3.05) is 6.61 Å². The van der Waals surface area contributed by atoms with Gasteiger partial charge in [-0.1, -0.05) is 11.6 Å². The van der Waals surface area contributed by atoms with Crippen LogP contribution in [0.4, 0.5) is 17.6 Å². The molecule has 0 aliphatic rings. The van der Waals surface area contributed by atoms with Crippen molar-refractivity contribution in [2.45, 2.75) is 12.3 Å². The summed E-state index contributed by atoms with van der Waals surface area (Å²) in [4.78, 5) is 14.0. The van der Waals surface area contributed by atoms with Crippen molar-refractivity contribution in [1.82, 2.24) is 4.98 Å². The number of carbonyl (C=O) groups is 1. The van der Waals surface area contributed by atoms with E-state index in [-0.39, 0.29) is 10.7 Å². The Morgan fingerprint density at radius 3 is 2.61 bits per heavy atom. The molecular weight excluding hydrogens is 282 g/mol. The van der Waals surface area contributed by atoms with Crippen LogP contribution in [0.1, 0.15) is 10.4 Å². The number of ether oxygens (including phenoxy) is 1. The molecule has 1 aromatic rings. The highest BCUT2D eigenvalue weighted by Gasteiger charge is 2.41. The first-order valence-electron chi connectivity index (χ1n) is 4.42. The van der Waals surface area contributed by atoms with E-state index in [1.54, 1.807) is 0 Å². The third-order valence-electron chi connectivity index (χ3n) is 1.75. The highest BCUT2D eigenvalue weighted by atomic mass is 35.5. The number of hydrogen-bond acceptors (Lipinski definition) is 3. The lowest BCUT2D eigenvalue weighted by molar-refractivity contribution is -0.148. The van der Waals surface area contributed by atoms with Gasteiger partial charge in [-0.3, -0.25) is 0 Å². The lowest BCUT2D eigenvalue weighted by atomic mass is 10.3. The smallest absolute Gasteiger partial charge is 0.340 e. The maximum atomic E-state index is 12.5. The molecule has 1 rings (SSSR count). The summed E-state index contributed by atoms with van der Waals surface area (Å²) in [5, 5.41) is 8.33. The van der Waals surface area contributed by atoms with Gasteiger partial charge in [0.1, 0.15) is 5.15 Å². The van der Waals surface area contributed by atoms with E-state index >= 15 is 0 Å². The molecule has 1 heterocycles. The van der Waals surface area contributed by atoms with Crippen molar-refractivity contribution in [2.24, 2.45) is 0 Å². The van der Waals surface area contributed by atoms with E-state index < -0.39 is 30.8 Å². The Bertz CT molecular complexity index is 455. The number of rotatable bonds is 5. The van der Waals surface area contributed by atoms with Crippen molar-refractivity contribution >= 4 is 17.6 Å². The highest BCUT2D eigenvalue weighted by molar-refractivity contribution is 6.29. The normalized spacial score (nSPS) is 11.7. The first-order valence-corrected chi connectivity index (χ1v) is 4.80. The van der Waals surface area contributed by atoms with E-state index in [1.807, 2.05) is 0 Å². The Hall–Kier alpha value is -1.57. The van der Waals surface area contributed by atoms with Crippen LogP contribution >= 0.6 is 11.6 Å². The quantitative estimate of drug-likeness (QED) is 0.668. The molecule has 0 amide bonds. The molecule has 0 spiro atoms. The van der Waals surface area contributed by atoms with Gasteiger partial charge in [-0.05, 0) is 6.07 Å². The average molecular weight is 288 g/mol. The highest BCUT2D eigenvalue weighted by Crippen LogP contribution is 2.24. The monoisotopic (exact) mass is 287 g/mol. The van der Waals surface area contributed by atoms with Gasteiger partial charge >= 0.3 is 18.3 Å². The van der Waals surface area contributed by atoms with Gasteiger partial charge in [-0.25, -0.2) is 18.6 Å². The summed E-state index contributed by atoms with van der Waals surface area (Å²) < 4.78 is 53.1. The second-order valence-electron chi connectivity index (χ2n) is 3.17. The van der Waals surface area contributed by atoms with E-state index in [9.17, 15) is 22.4 Å². The summed E-state index contributed by atoms with van der Waals surface area (Å²) in [6, 6.07) is 1.76. The zero-order valence-corrected chi connectivity index (χ0v) is 9.30. The number of hydrogen-bond donors (Lipinski definition) is 1. The van der Waals surface area contributed by atoms with Crippen LogP contribution in [-0.4, -0.2) is 35.0 Å². The van der Waals surface area contributed by atoms with Crippen molar-refractivity contribution in [3.8, 4) is 5.88 Å². The fourth-order valence-electron chi connectivity index (χ4n) is 0.903. The summed E-state index contributed by atoms with van der Waals surface area (Å²) >= 11 is 5.42. The average Bonchev–Trinajstić information content (AvgIpc) is 2.25. The molecule has 1 aromatic heterocycles. The Morgan fingerprint density at radius 2 is 2.11 bits per heavy atom. The second-order valence-corrected chi connectivity index (χ2v) is 3.56. The zero-order chi connectivity index (χ0) is 13.9. The number of carboxylic acid groups (broad SMARTS) is 1. The van der Waals surface area contributed by atoms with Gasteiger partial charge in [0.05, 0.1) is 5.56 Å². The van der Waals surface area contributed by atoms with Crippen LogP contribution in [0.2, 0.25) is 5.15 Å². The van der Waals surface area contributed by atoms with Gasteiger partial charge in [0.2, 0.25) is 5.88 Å². The number of aromatic carboxylic acids is 1. The summed E-state index contributed by atoms with van der Waals surface area (Å²) in [5.41, 5.74) is -0.356. The van der Waals surface area contributed by atoms with Crippen LogP contribution in [0, 0.1) is 0 Å². The fourth-order valence-corrected chi connectivity index (χ4v) is 1.10. The second kappa shape index (κ2) is 5.38. The standard InChI is InChI=1S/C9H6ClF4NO3/c10-5-1-4(7(16)17)2-6(15-5)18-3-9(13,14)8(11)12/h1-2,8H,3H2,(H,16,17). The number of pyridine rings is 1. The van der Waals surface area contributed by atoms with E-state index in [0.29, 0.717) is 0 Å². The number of nitrogens with zero attached hydrogens (tertiary/aromatic N) is 1. The SMILES string of the molecule is O=C(O)c1cc(Cl)nc(OCC(F)(F)C(F)F)c1. The largest absolute Gasteiger partial charge is 0.478 e. The topological polar surface area (TPSA) is 59.4 Å². The lowest BCUT2D eigenvalue weighted by Crippen LogP contribution is -2.33. The minimum absolute atomic E-state index is 0.315. The number of halogens is 5. The third-order valence-corrected chi connectivity index (χ3v) is 1.94. The molecule has 4 nitrogen and oxygen atoms in total. The van der Waals surface area contributed by atoms with Crippen molar-refractivity contribution in [3.05, 3.63) is 22.8 Å². The van der Waals surface area contributed by atoms with Crippen LogP contribution in [0.15, 0.2) is 12.1 Å². The molecule has 0 bridgehead atoms. The third kappa shape index (κ3) is 3.73. The van der Waals surface area contributed by atoms with Crippen LogP contribution < -0.4 is 4.74 Å². The first-order chi connectivity index (χ1) is 8.22. The van der Waals surface area contributed by atoms with Crippen LogP contribution in [0.25, 0.3) is 0 Å². The van der Waals surface area contributed by atoms with E-state index in [0.717, 1.165) is 12.1 Å². The molecule has 0 atom stereocenters. The predicted molar refractivity (Wildman–Crippen MR) is 52.7 cm³/mol. The van der Waals surface area contributed by atoms with Crippen LogP contribution in [-0.2, 0) is 0 Å². The van der Waals surface area contributed by atoms with Gasteiger partial charge in [0, 0.05) is 6.07 Å². The minimum atomic E-state index is -4.35. The molecule has 0 aromatic carbocycles.